The van der Waals surface area contributed by atoms with Gasteiger partial charge in [0, 0.05) is 23.6 Å². The SMILES string of the molecule is C[C@H]1COc2cc(C(=O)NO)ccc2CN1C(=O)C1CCS(=O)(=O)CC1.S. The zero-order chi connectivity index (χ0) is 18.9. The maximum atomic E-state index is 12.9. The van der Waals surface area contributed by atoms with E-state index in [1.54, 1.807) is 22.5 Å². The van der Waals surface area contributed by atoms with Crippen molar-refractivity contribution < 1.29 is 28.0 Å². The molecule has 27 heavy (non-hydrogen) atoms. The monoisotopic (exact) mass is 416 g/mol. The Hall–Kier alpha value is -1.78. The first-order valence-electron chi connectivity index (χ1n) is 8.52. The molecule has 2 aliphatic heterocycles. The number of carbonyl (C=O) groups excluding carboxylic acids is 2. The number of benzene rings is 1. The molecule has 0 spiro atoms. The minimum Gasteiger partial charge on any atom is -0.491 e. The molecule has 0 unspecified atom stereocenters. The summed E-state index contributed by atoms with van der Waals surface area (Å²) in [6.45, 7) is 2.48. The summed E-state index contributed by atoms with van der Waals surface area (Å²) in [7, 11) is -3.02. The second-order valence-electron chi connectivity index (χ2n) is 6.82. The van der Waals surface area contributed by atoms with Gasteiger partial charge < -0.3 is 9.64 Å². The minimum absolute atomic E-state index is 0. The third-order valence-corrected chi connectivity index (χ3v) is 6.69. The topological polar surface area (TPSA) is 113 Å². The van der Waals surface area contributed by atoms with Crippen LogP contribution in [0.4, 0.5) is 0 Å². The van der Waals surface area contributed by atoms with Gasteiger partial charge in [-0.05, 0) is 31.9 Å². The van der Waals surface area contributed by atoms with E-state index in [1.165, 1.54) is 6.07 Å². The van der Waals surface area contributed by atoms with Crippen LogP contribution in [0.5, 0.6) is 5.75 Å². The summed E-state index contributed by atoms with van der Waals surface area (Å²) in [5.41, 5.74) is 2.61. The summed E-state index contributed by atoms with van der Waals surface area (Å²) in [5.74, 6) is -0.371. The van der Waals surface area contributed by atoms with Crippen molar-refractivity contribution in [1.29, 1.82) is 0 Å². The van der Waals surface area contributed by atoms with Crippen molar-refractivity contribution in [2.45, 2.75) is 32.4 Å². The average molecular weight is 417 g/mol. The van der Waals surface area contributed by atoms with Crippen molar-refractivity contribution in [2.24, 2.45) is 5.92 Å². The number of hydroxylamine groups is 1. The molecule has 1 aromatic rings. The Bertz CT molecular complexity index is 813. The molecule has 10 heteroatoms. The second-order valence-corrected chi connectivity index (χ2v) is 9.12. The van der Waals surface area contributed by atoms with Gasteiger partial charge in [0.1, 0.15) is 22.2 Å². The Kier molecular flexibility index (Phi) is 6.77. The van der Waals surface area contributed by atoms with Gasteiger partial charge in [0.2, 0.25) is 5.91 Å². The number of nitrogens with zero attached hydrogens (tertiary/aromatic N) is 1. The molecule has 2 N–H and O–H groups in total. The summed E-state index contributed by atoms with van der Waals surface area (Å²) >= 11 is 0. The Balaban J connectivity index is 0.00000261. The van der Waals surface area contributed by atoms with Crippen molar-refractivity contribution in [3.63, 3.8) is 0 Å². The van der Waals surface area contributed by atoms with E-state index in [9.17, 15) is 18.0 Å². The van der Waals surface area contributed by atoms with Gasteiger partial charge in [0.05, 0.1) is 17.5 Å². The molecule has 0 aliphatic carbocycles. The maximum absolute atomic E-state index is 12.9. The van der Waals surface area contributed by atoms with Crippen LogP contribution in [-0.4, -0.2) is 54.5 Å². The second kappa shape index (κ2) is 8.49. The van der Waals surface area contributed by atoms with E-state index >= 15 is 0 Å². The molecule has 0 bridgehead atoms. The molecule has 0 radical (unpaired) electrons. The Morgan fingerprint density at radius 2 is 1.93 bits per heavy atom. The Morgan fingerprint density at radius 1 is 1.26 bits per heavy atom. The zero-order valence-electron chi connectivity index (χ0n) is 15.0. The molecule has 2 aliphatic rings. The lowest BCUT2D eigenvalue weighted by atomic mass is 9.99. The largest absolute Gasteiger partial charge is 0.491 e. The molecular formula is C17H24N2O6S2. The number of sulfone groups is 1. The number of rotatable bonds is 2. The highest BCUT2D eigenvalue weighted by molar-refractivity contribution is 7.91. The first-order chi connectivity index (χ1) is 12.3. The molecule has 1 saturated heterocycles. The van der Waals surface area contributed by atoms with Crippen LogP contribution >= 0.6 is 13.5 Å². The number of carbonyl (C=O) groups is 2. The highest BCUT2D eigenvalue weighted by atomic mass is 32.2. The lowest BCUT2D eigenvalue weighted by molar-refractivity contribution is -0.138. The van der Waals surface area contributed by atoms with Gasteiger partial charge in [-0.3, -0.25) is 14.8 Å². The number of hydrogen-bond acceptors (Lipinski definition) is 6. The van der Waals surface area contributed by atoms with Crippen LogP contribution in [0.25, 0.3) is 0 Å². The predicted octanol–water partition coefficient (Wildman–Crippen LogP) is 0.853. The van der Waals surface area contributed by atoms with Gasteiger partial charge in [-0.15, -0.1) is 0 Å². The van der Waals surface area contributed by atoms with Gasteiger partial charge >= 0.3 is 0 Å². The lowest BCUT2D eigenvalue weighted by Gasteiger charge is -2.31. The summed E-state index contributed by atoms with van der Waals surface area (Å²) in [6, 6.07) is 4.61. The number of amides is 2. The van der Waals surface area contributed by atoms with E-state index in [2.05, 4.69) is 0 Å². The molecule has 1 fully saturated rings. The fourth-order valence-electron chi connectivity index (χ4n) is 3.33. The van der Waals surface area contributed by atoms with Crippen molar-refractivity contribution >= 4 is 35.1 Å². The summed E-state index contributed by atoms with van der Waals surface area (Å²) in [5, 5.41) is 8.75. The van der Waals surface area contributed by atoms with Gasteiger partial charge in [-0.25, -0.2) is 13.9 Å². The van der Waals surface area contributed by atoms with Gasteiger partial charge in [-0.2, -0.15) is 13.5 Å². The summed E-state index contributed by atoms with van der Waals surface area (Å²) in [4.78, 5) is 26.2. The van der Waals surface area contributed by atoms with E-state index in [4.69, 9.17) is 9.94 Å². The number of ether oxygens (including phenoxy) is 1. The third-order valence-electron chi connectivity index (χ3n) is 4.97. The predicted molar refractivity (Wildman–Crippen MR) is 103 cm³/mol. The van der Waals surface area contributed by atoms with Gasteiger partial charge in [0.15, 0.2) is 0 Å². The van der Waals surface area contributed by atoms with E-state index in [0.29, 0.717) is 25.1 Å². The van der Waals surface area contributed by atoms with E-state index in [-0.39, 0.29) is 55.0 Å². The van der Waals surface area contributed by atoms with Gasteiger partial charge in [0.25, 0.3) is 5.91 Å². The van der Waals surface area contributed by atoms with Crippen LogP contribution in [0.1, 0.15) is 35.7 Å². The molecule has 2 amide bonds. The van der Waals surface area contributed by atoms with E-state index in [1.807, 2.05) is 6.92 Å². The van der Waals surface area contributed by atoms with Gasteiger partial charge in [-0.1, -0.05) is 6.07 Å². The summed E-state index contributed by atoms with van der Waals surface area (Å²) < 4.78 is 28.9. The van der Waals surface area contributed by atoms with Crippen molar-refractivity contribution in [3.05, 3.63) is 29.3 Å². The van der Waals surface area contributed by atoms with Crippen molar-refractivity contribution in [1.82, 2.24) is 10.4 Å². The van der Waals surface area contributed by atoms with E-state index in [0.717, 1.165) is 5.56 Å². The average Bonchev–Trinajstić information content (AvgIpc) is 2.79. The first-order valence-corrected chi connectivity index (χ1v) is 10.3. The zero-order valence-corrected chi connectivity index (χ0v) is 16.8. The number of nitrogens with one attached hydrogen (secondary N) is 1. The smallest absolute Gasteiger partial charge is 0.274 e. The molecule has 1 aromatic carbocycles. The van der Waals surface area contributed by atoms with Crippen LogP contribution in [0.15, 0.2) is 18.2 Å². The standard InChI is InChI=1S/C17H22N2O6S.H2S/c1-11-10-25-15-8-13(16(20)18-22)2-3-14(15)9-19(11)17(21)12-4-6-26(23,24)7-5-12;/h2-3,8,11-12,22H,4-7,9-10H2,1H3,(H,18,20);1H2/t11-;/m0./s1. The molecule has 150 valence electrons. The molecule has 8 nitrogen and oxygen atoms in total. The Labute approximate surface area is 165 Å². The molecule has 2 heterocycles. The fourth-order valence-corrected chi connectivity index (χ4v) is 4.82. The van der Waals surface area contributed by atoms with Crippen LogP contribution in [0.3, 0.4) is 0 Å². The normalized spacial score (nSPS) is 21.9. The highest BCUT2D eigenvalue weighted by Crippen LogP contribution is 2.29. The molecule has 0 saturated carbocycles. The minimum atomic E-state index is -3.02. The van der Waals surface area contributed by atoms with Crippen LogP contribution in [-0.2, 0) is 21.2 Å². The third kappa shape index (κ3) is 4.74. The quantitative estimate of drug-likeness (QED) is 0.546. The van der Waals surface area contributed by atoms with E-state index < -0.39 is 15.7 Å². The molecule has 0 aromatic heterocycles. The van der Waals surface area contributed by atoms with Crippen LogP contribution in [0, 0.1) is 5.92 Å². The summed E-state index contributed by atoms with van der Waals surface area (Å²) in [6.07, 6.45) is 0.710. The molecular weight excluding hydrogens is 392 g/mol. The highest BCUT2D eigenvalue weighted by Gasteiger charge is 2.34. The molecule has 1 atom stereocenters. The molecule has 3 rings (SSSR count). The maximum Gasteiger partial charge on any atom is 0.274 e. The fraction of sp³-hybridized carbons (Fsp3) is 0.529. The van der Waals surface area contributed by atoms with Crippen molar-refractivity contribution in [2.75, 3.05) is 18.1 Å². The van der Waals surface area contributed by atoms with Crippen LogP contribution < -0.4 is 10.2 Å². The number of hydrogen-bond donors (Lipinski definition) is 2. The lowest BCUT2D eigenvalue weighted by Crippen LogP contribution is -2.45. The van der Waals surface area contributed by atoms with Crippen molar-refractivity contribution in [3.8, 4) is 5.75 Å². The number of fused-ring (bicyclic) bond motifs is 1. The first kappa shape index (κ1) is 21.5. The Morgan fingerprint density at radius 3 is 2.56 bits per heavy atom. The van der Waals surface area contributed by atoms with Crippen LogP contribution in [0.2, 0.25) is 0 Å².